The molecule has 0 heterocycles. The fraction of sp³-hybridized carbons (Fsp3) is 0.792. The van der Waals surface area contributed by atoms with Gasteiger partial charge in [-0.25, -0.2) is 0 Å². The van der Waals surface area contributed by atoms with Gasteiger partial charge in [-0.15, -0.1) is 0 Å². The lowest BCUT2D eigenvalue weighted by atomic mass is 9.32. The molecule has 0 spiro atoms. The number of nitrogens with zero attached hydrogens (tertiary/aromatic N) is 2. The molecule has 10 heteroatoms. The van der Waals surface area contributed by atoms with Crippen LogP contribution in [0.3, 0.4) is 0 Å². The van der Waals surface area contributed by atoms with Gasteiger partial charge in [0.05, 0.1) is 29.9 Å². The van der Waals surface area contributed by atoms with Gasteiger partial charge in [-0.1, -0.05) is 77.8 Å². The molecule has 0 aromatic heterocycles. The van der Waals surface area contributed by atoms with Gasteiger partial charge in [-0.3, -0.25) is 19.3 Å². The number of aliphatic hydroxyl groups is 1. The molecule has 1 aromatic carbocycles. The number of aliphatic hydroxyl groups excluding tert-OH is 1. The molecule has 0 amide bonds. The molecule has 4 saturated carbocycles. The second-order valence-electron chi connectivity index (χ2n) is 23.7. The van der Waals surface area contributed by atoms with Gasteiger partial charge in [0, 0.05) is 36.1 Å². The highest BCUT2D eigenvalue weighted by Gasteiger charge is 2.73. The maximum absolute atomic E-state index is 15.3. The second kappa shape index (κ2) is 18.1. The van der Waals surface area contributed by atoms with Crippen molar-refractivity contribution in [3.05, 3.63) is 46.0 Å². The van der Waals surface area contributed by atoms with Crippen molar-refractivity contribution in [1.29, 1.82) is 0 Å². The summed E-state index contributed by atoms with van der Waals surface area (Å²) in [4.78, 5) is 46.6. The number of benzene rings is 1. The maximum Gasteiger partial charge on any atom is 0.312 e. The molecule has 5 aliphatic carbocycles. The van der Waals surface area contributed by atoms with Crippen LogP contribution in [0.4, 0.5) is 0 Å². The van der Waals surface area contributed by atoms with Gasteiger partial charge in [-0.2, -0.15) is 0 Å². The zero-order valence-corrected chi connectivity index (χ0v) is 42.4. The molecule has 10 unspecified atom stereocenters. The summed E-state index contributed by atoms with van der Waals surface area (Å²) in [5, 5.41) is 16.9. The van der Waals surface area contributed by atoms with Crippen LogP contribution in [0.15, 0.2) is 35.4 Å². The highest BCUT2D eigenvalue weighted by molar-refractivity contribution is 6.30. The Kier molecular flexibility index (Phi) is 14.4. The number of ketones is 1. The van der Waals surface area contributed by atoms with E-state index in [-0.39, 0.29) is 69.8 Å². The lowest BCUT2D eigenvalue weighted by Gasteiger charge is -2.74. The predicted octanol–water partition coefficient (Wildman–Crippen LogP) is 10.1. The Labute approximate surface area is 386 Å². The van der Waals surface area contributed by atoms with E-state index in [1.165, 1.54) is 5.57 Å². The van der Waals surface area contributed by atoms with E-state index in [4.69, 9.17) is 21.1 Å². The number of carbonyl (C=O) groups is 3. The van der Waals surface area contributed by atoms with Crippen molar-refractivity contribution >= 4 is 29.3 Å². The summed E-state index contributed by atoms with van der Waals surface area (Å²) in [6.45, 7) is 29.1. The summed E-state index contributed by atoms with van der Waals surface area (Å²) >= 11 is 6.26. The number of hydrogen-bond donors (Lipinski definition) is 2. The molecule has 9 nitrogen and oxygen atoms in total. The van der Waals surface area contributed by atoms with Crippen molar-refractivity contribution in [3.8, 4) is 0 Å². The first-order chi connectivity index (χ1) is 29.2. The Balaban J connectivity index is 1.28. The van der Waals surface area contributed by atoms with Gasteiger partial charge in [0.2, 0.25) is 0 Å². The van der Waals surface area contributed by atoms with E-state index in [0.717, 1.165) is 82.1 Å². The van der Waals surface area contributed by atoms with Gasteiger partial charge in [-0.05, 0) is 170 Å². The van der Waals surface area contributed by atoms with Crippen LogP contribution < -0.4 is 5.32 Å². The topological polar surface area (TPSA) is 108 Å². The van der Waals surface area contributed by atoms with Gasteiger partial charge in [0.25, 0.3) is 0 Å². The van der Waals surface area contributed by atoms with Crippen LogP contribution in [-0.4, -0.2) is 96.3 Å². The van der Waals surface area contributed by atoms with E-state index in [1.807, 2.05) is 32.9 Å². The minimum atomic E-state index is -0.998. The van der Waals surface area contributed by atoms with Crippen molar-refractivity contribution in [2.75, 3.05) is 40.3 Å². The van der Waals surface area contributed by atoms with E-state index in [1.54, 1.807) is 13.8 Å². The third kappa shape index (κ3) is 8.99. The molecule has 0 aliphatic heterocycles. The molecule has 0 saturated heterocycles. The van der Waals surface area contributed by atoms with Crippen LogP contribution in [0.2, 0.25) is 5.02 Å². The molecule has 10 atom stereocenters. The highest BCUT2D eigenvalue weighted by atomic mass is 35.5. The van der Waals surface area contributed by atoms with Crippen LogP contribution >= 0.6 is 11.6 Å². The number of allylic oxidation sites excluding steroid dienone is 1. The number of halogens is 1. The highest BCUT2D eigenvalue weighted by Crippen LogP contribution is 2.76. The molecule has 63 heavy (non-hydrogen) atoms. The van der Waals surface area contributed by atoms with E-state index < -0.39 is 22.5 Å². The second-order valence-corrected chi connectivity index (χ2v) is 24.2. The molecule has 5 aliphatic rings. The van der Waals surface area contributed by atoms with Crippen molar-refractivity contribution < 1.29 is 29.0 Å². The Morgan fingerprint density at radius 1 is 0.905 bits per heavy atom. The number of esters is 2. The van der Waals surface area contributed by atoms with E-state index >= 15 is 4.79 Å². The molecule has 6 rings (SSSR count). The normalized spacial score (nSPS) is 35.6. The smallest absolute Gasteiger partial charge is 0.312 e. The number of rotatable bonds is 15. The number of hydrogen-bond acceptors (Lipinski definition) is 9. The Hall–Kier alpha value is -2.30. The Morgan fingerprint density at radius 2 is 1.56 bits per heavy atom. The summed E-state index contributed by atoms with van der Waals surface area (Å²) < 4.78 is 12.1. The number of fused-ring (bicyclic) bond motifs is 7. The fourth-order valence-corrected chi connectivity index (χ4v) is 14.6. The predicted molar refractivity (Wildman–Crippen MR) is 253 cm³/mol. The minimum absolute atomic E-state index is 0.00553. The first-order valence-corrected chi connectivity index (χ1v) is 24.8. The van der Waals surface area contributed by atoms with Crippen LogP contribution in [-0.2, 0) is 30.4 Å². The molecule has 354 valence electrons. The molecule has 1 aromatic rings. The number of ether oxygens (including phenoxy) is 2. The lowest BCUT2D eigenvalue weighted by Crippen LogP contribution is -2.75. The molecule has 0 radical (unpaired) electrons. The maximum atomic E-state index is 15.3. The summed E-state index contributed by atoms with van der Waals surface area (Å²) in [5.74, 6) is 0.395. The van der Waals surface area contributed by atoms with E-state index in [9.17, 15) is 14.7 Å². The minimum Gasteiger partial charge on any atom is -0.462 e. The van der Waals surface area contributed by atoms with Gasteiger partial charge in [0.1, 0.15) is 11.7 Å². The average molecular weight is 895 g/mol. The van der Waals surface area contributed by atoms with E-state index in [0.29, 0.717) is 30.5 Å². The lowest BCUT2D eigenvalue weighted by molar-refractivity contribution is -0.230. The van der Waals surface area contributed by atoms with Gasteiger partial charge < -0.3 is 24.8 Å². The van der Waals surface area contributed by atoms with E-state index in [2.05, 4.69) is 89.8 Å². The number of Topliss-reactive ketones (excluding diaryl/α,β-unsaturated/α-hetero) is 1. The van der Waals surface area contributed by atoms with Crippen LogP contribution in [0, 0.1) is 50.7 Å². The zero-order chi connectivity index (χ0) is 46.7. The van der Waals surface area contributed by atoms with Crippen molar-refractivity contribution in [2.45, 2.75) is 177 Å². The molecular weight excluding hydrogens is 810 g/mol. The Bertz CT molecular complexity index is 1890. The van der Waals surface area contributed by atoms with Gasteiger partial charge >= 0.3 is 11.9 Å². The monoisotopic (exact) mass is 894 g/mol. The summed E-state index contributed by atoms with van der Waals surface area (Å²) in [6.07, 6.45) is 7.13. The fourth-order valence-electron chi connectivity index (χ4n) is 14.5. The largest absolute Gasteiger partial charge is 0.462 e. The first-order valence-electron chi connectivity index (χ1n) is 24.5. The zero-order valence-electron chi connectivity index (χ0n) is 41.6. The SMILES string of the molecule is CCNC12CCC3(C)C(CCC4C5=C(C(C)C)C(O)CC5(C(=O)CN(CCN(C)C)Cc5ccc(Cl)cc5)CCC43C)C1(C)CCC(OC(=O)CC(C)(C)C(=O)OC(C)(C)C)C2C. The summed E-state index contributed by atoms with van der Waals surface area (Å²) in [6, 6.07) is 7.98. The summed E-state index contributed by atoms with van der Waals surface area (Å²) in [5.41, 5.74) is 0.905. The van der Waals surface area contributed by atoms with Gasteiger partial charge in [0.15, 0.2) is 5.78 Å². The Morgan fingerprint density at radius 3 is 2.16 bits per heavy atom. The molecule has 2 N–H and O–H groups in total. The third-order valence-corrected chi connectivity index (χ3v) is 18.1. The average Bonchev–Trinajstić information content (AvgIpc) is 3.49. The van der Waals surface area contributed by atoms with Crippen LogP contribution in [0.1, 0.15) is 153 Å². The summed E-state index contributed by atoms with van der Waals surface area (Å²) in [7, 11) is 4.16. The van der Waals surface area contributed by atoms with Crippen molar-refractivity contribution in [3.63, 3.8) is 0 Å². The van der Waals surface area contributed by atoms with Crippen LogP contribution in [0.25, 0.3) is 0 Å². The quantitative estimate of drug-likeness (QED) is 0.131. The van der Waals surface area contributed by atoms with Crippen molar-refractivity contribution in [1.82, 2.24) is 15.1 Å². The van der Waals surface area contributed by atoms with Crippen molar-refractivity contribution in [2.24, 2.45) is 50.7 Å². The molecule has 0 bridgehead atoms. The molecule has 4 fully saturated rings. The third-order valence-electron chi connectivity index (χ3n) is 17.9. The first kappa shape index (κ1) is 50.1. The number of carbonyl (C=O) groups excluding carboxylic acids is 3. The standard InChI is InChI=1S/C53H84ClN3O6/c1-15-55-53-27-25-50(11)41(51(53,12)23-22-40(35(53)4)62-43(60)31-48(8,9)46(61)63-47(5,6)7)21-20-38-45-44(34(2)3)39(58)30-52(45,26-24-49(38,50)10)42(59)33-57(29-28-56(13)14)32-36-16-18-37(54)19-17-36/h16-19,34-35,38-41,55,58H,15,20-33H2,1-14H3. The van der Waals surface area contributed by atoms with Crippen LogP contribution in [0.5, 0.6) is 0 Å². The number of nitrogens with one attached hydrogen (secondary N) is 1. The molecular formula is C53H84ClN3O6. The number of likely N-dealkylation sites (N-methyl/N-ethyl adjacent to an activating group) is 1.